The van der Waals surface area contributed by atoms with Crippen molar-refractivity contribution in [1.82, 2.24) is 4.57 Å². The zero-order valence-corrected chi connectivity index (χ0v) is 23.0. The fourth-order valence-electron chi connectivity index (χ4n) is 4.54. The summed E-state index contributed by atoms with van der Waals surface area (Å²) < 4.78 is 12.4. The second kappa shape index (κ2) is 11.5. The number of rotatable bonds is 7. The molecule has 9 heteroatoms. The summed E-state index contributed by atoms with van der Waals surface area (Å²) in [6.45, 7) is 4.22. The van der Waals surface area contributed by atoms with Crippen LogP contribution in [0.1, 0.15) is 41.4 Å². The molecule has 0 saturated heterocycles. The molecule has 1 aromatic heterocycles. The molecule has 1 N–H and O–H groups in total. The molecule has 1 atom stereocenters. The van der Waals surface area contributed by atoms with Crippen LogP contribution < -0.4 is 24.9 Å². The van der Waals surface area contributed by atoms with E-state index in [9.17, 15) is 14.4 Å². The third-order valence-electron chi connectivity index (χ3n) is 6.43. The van der Waals surface area contributed by atoms with Crippen LogP contribution in [0.5, 0.6) is 5.75 Å². The first-order valence-corrected chi connectivity index (χ1v) is 13.5. The predicted octanol–water partition coefficient (Wildman–Crippen LogP) is 4.06. The minimum Gasteiger partial charge on any atom is -0.494 e. The molecule has 1 aliphatic rings. The lowest BCUT2D eigenvalue weighted by Crippen LogP contribution is -2.40. The van der Waals surface area contributed by atoms with Crippen molar-refractivity contribution in [2.45, 2.75) is 19.9 Å². The van der Waals surface area contributed by atoms with E-state index in [0.717, 1.165) is 11.1 Å². The van der Waals surface area contributed by atoms with Gasteiger partial charge in [-0.25, -0.2) is 9.79 Å². The summed E-state index contributed by atoms with van der Waals surface area (Å²) in [6.07, 6.45) is 1.75. The number of ether oxygens (including phenoxy) is 2. The maximum absolute atomic E-state index is 13.9. The quantitative estimate of drug-likeness (QED) is 0.348. The van der Waals surface area contributed by atoms with Gasteiger partial charge in [0.2, 0.25) is 0 Å². The summed E-state index contributed by atoms with van der Waals surface area (Å²) in [5.41, 5.74) is 3.21. The van der Waals surface area contributed by atoms with Gasteiger partial charge in [-0.15, -0.1) is 0 Å². The van der Waals surface area contributed by atoms with Gasteiger partial charge in [-0.1, -0.05) is 53.8 Å². The van der Waals surface area contributed by atoms with Crippen LogP contribution in [0.4, 0.5) is 5.69 Å². The molecule has 0 unspecified atom stereocenters. The number of aromatic nitrogens is 1. The standard InChI is InChI=1S/C31H27N3O5S/c1-4-39-24-16-14-21(15-17-24)27-26(28(35)33-23-8-6-5-7-9-23)19(2)32-31-34(27)29(36)25(40-31)18-20-10-12-22(13-11-20)30(37)38-3/h5-18,27H,4H2,1-3H3,(H,33,35)/b25-18-/t27-/m0/s1. The fraction of sp³-hybridized carbons (Fsp3) is 0.161. The molecule has 202 valence electrons. The van der Waals surface area contributed by atoms with E-state index in [0.29, 0.717) is 44.2 Å². The van der Waals surface area contributed by atoms with Crippen LogP contribution in [-0.4, -0.2) is 30.2 Å². The molecule has 5 rings (SSSR count). The Hall–Kier alpha value is -4.76. The maximum Gasteiger partial charge on any atom is 0.337 e. The smallest absolute Gasteiger partial charge is 0.337 e. The minimum atomic E-state index is -0.695. The van der Waals surface area contributed by atoms with Gasteiger partial charge in [0, 0.05) is 5.69 Å². The van der Waals surface area contributed by atoms with Gasteiger partial charge >= 0.3 is 5.97 Å². The largest absolute Gasteiger partial charge is 0.494 e. The lowest BCUT2D eigenvalue weighted by molar-refractivity contribution is -0.113. The number of para-hydroxylation sites is 1. The SMILES string of the molecule is CCOc1ccc([C@H]2C(C(=O)Nc3ccccc3)=C(C)N=c3s/c(=C\c4ccc(C(=O)OC)cc4)c(=O)n32)cc1. The van der Waals surface area contributed by atoms with E-state index in [1.807, 2.05) is 49.4 Å². The van der Waals surface area contributed by atoms with E-state index in [4.69, 9.17) is 9.47 Å². The highest BCUT2D eigenvalue weighted by molar-refractivity contribution is 7.07. The molecule has 1 amide bonds. The van der Waals surface area contributed by atoms with E-state index in [1.165, 1.54) is 18.4 Å². The topological polar surface area (TPSA) is 99.0 Å². The second-order valence-electron chi connectivity index (χ2n) is 9.02. The van der Waals surface area contributed by atoms with Crippen LogP contribution in [0, 0.1) is 0 Å². The van der Waals surface area contributed by atoms with E-state index in [-0.39, 0.29) is 11.5 Å². The first kappa shape index (κ1) is 26.8. The second-order valence-corrected chi connectivity index (χ2v) is 10.0. The van der Waals surface area contributed by atoms with E-state index < -0.39 is 12.0 Å². The summed E-state index contributed by atoms with van der Waals surface area (Å²) in [5.74, 6) is -0.0675. The Labute approximate surface area is 234 Å². The summed E-state index contributed by atoms with van der Waals surface area (Å²) in [7, 11) is 1.33. The number of allylic oxidation sites excluding steroid dienone is 1. The van der Waals surface area contributed by atoms with Gasteiger partial charge in [-0.05, 0) is 67.4 Å². The van der Waals surface area contributed by atoms with Gasteiger partial charge in [0.15, 0.2) is 4.80 Å². The molecule has 4 aromatic rings. The Bertz CT molecular complexity index is 1770. The van der Waals surface area contributed by atoms with Gasteiger partial charge in [-0.3, -0.25) is 14.2 Å². The first-order valence-electron chi connectivity index (χ1n) is 12.7. The molecule has 0 spiro atoms. The zero-order valence-electron chi connectivity index (χ0n) is 22.2. The Morgan fingerprint density at radius 2 is 1.73 bits per heavy atom. The van der Waals surface area contributed by atoms with Gasteiger partial charge in [0.25, 0.3) is 11.5 Å². The van der Waals surface area contributed by atoms with Crippen molar-refractivity contribution in [3.8, 4) is 5.75 Å². The molecule has 3 aromatic carbocycles. The summed E-state index contributed by atoms with van der Waals surface area (Å²) in [5, 5.41) is 2.95. The number of hydrogen-bond donors (Lipinski definition) is 1. The molecule has 2 heterocycles. The minimum absolute atomic E-state index is 0.266. The highest BCUT2D eigenvalue weighted by Gasteiger charge is 2.32. The van der Waals surface area contributed by atoms with Crippen molar-refractivity contribution in [1.29, 1.82) is 0 Å². The highest BCUT2D eigenvalue weighted by Crippen LogP contribution is 2.31. The molecule has 1 aliphatic heterocycles. The number of hydrogen-bond acceptors (Lipinski definition) is 7. The number of thiazole rings is 1. The number of esters is 1. The number of nitrogens with zero attached hydrogens (tertiary/aromatic N) is 2. The molecule has 0 aliphatic carbocycles. The number of methoxy groups -OCH3 is 1. The predicted molar refractivity (Wildman–Crippen MR) is 154 cm³/mol. The van der Waals surface area contributed by atoms with Crippen molar-refractivity contribution in [3.05, 3.63) is 127 Å². The Morgan fingerprint density at radius 1 is 1.02 bits per heavy atom. The summed E-state index contributed by atoms with van der Waals surface area (Å²) in [6, 6.07) is 22.7. The number of nitrogens with one attached hydrogen (secondary N) is 1. The summed E-state index contributed by atoms with van der Waals surface area (Å²) >= 11 is 1.25. The number of amides is 1. The molecular formula is C31H27N3O5S. The van der Waals surface area contributed by atoms with Crippen molar-refractivity contribution < 1.29 is 19.1 Å². The van der Waals surface area contributed by atoms with Gasteiger partial charge in [0.1, 0.15) is 5.75 Å². The molecule has 0 bridgehead atoms. The van der Waals surface area contributed by atoms with Crippen LogP contribution in [0.2, 0.25) is 0 Å². The maximum atomic E-state index is 13.9. The van der Waals surface area contributed by atoms with Crippen molar-refractivity contribution in [3.63, 3.8) is 0 Å². The average Bonchev–Trinajstić information content (AvgIpc) is 3.27. The first-order chi connectivity index (χ1) is 19.4. The Balaban J connectivity index is 1.62. The third kappa shape index (κ3) is 5.37. The van der Waals surface area contributed by atoms with Gasteiger partial charge in [0.05, 0.1) is 41.1 Å². The molecule has 0 saturated carbocycles. The summed E-state index contributed by atoms with van der Waals surface area (Å²) in [4.78, 5) is 44.5. The third-order valence-corrected chi connectivity index (χ3v) is 7.42. The number of anilines is 1. The number of fused-ring (bicyclic) bond motifs is 1. The molecule has 0 radical (unpaired) electrons. The Morgan fingerprint density at radius 3 is 2.38 bits per heavy atom. The van der Waals surface area contributed by atoms with Crippen molar-refractivity contribution in [2.75, 3.05) is 19.0 Å². The van der Waals surface area contributed by atoms with Gasteiger partial charge < -0.3 is 14.8 Å². The number of carbonyl (C=O) groups is 2. The van der Waals surface area contributed by atoms with E-state index in [2.05, 4.69) is 10.3 Å². The Kier molecular flexibility index (Phi) is 7.75. The van der Waals surface area contributed by atoms with Crippen LogP contribution in [-0.2, 0) is 9.53 Å². The molecule has 0 fully saturated rings. The van der Waals surface area contributed by atoms with Crippen molar-refractivity contribution in [2.24, 2.45) is 4.99 Å². The number of benzene rings is 3. The van der Waals surface area contributed by atoms with E-state index in [1.54, 1.807) is 54.0 Å². The zero-order chi connectivity index (χ0) is 28.2. The molecule has 8 nitrogen and oxygen atoms in total. The van der Waals surface area contributed by atoms with E-state index >= 15 is 0 Å². The molecule has 40 heavy (non-hydrogen) atoms. The lowest BCUT2D eigenvalue weighted by Gasteiger charge is -2.25. The monoisotopic (exact) mass is 553 g/mol. The highest BCUT2D eigenvalue weighted by atomic mass is 32.1. The van der Waals surface area contributed by atoms with Crippen LogP contribution in [0.15, 0.2) is 99.9 Å². The fourth-order valence-corrected chi connectivity index (χ4v) is 5.59. The van der Waals surface area contributed by atoms with Crippen LogP contribution in [0.25, 0.3) is 6.08 Å². The van der Waals surface area contributed by atoms with Crippen LogP contribution in [0.3, 0.4) is 0 Å². The normalized spacial score (nSPS) is 14.8. The number of carbonyl (C=O) groups excluding carboxylic acids is 2. The van der Waals surface area contributed by atoms with Gasteiger partial charge in [-0.2, -0.15) is 0 Å². The molecular weight excluding hydrogens is 526 g/mol. The van der Waals surface area contributed by atoms with Crippen molar-refractivity contribution >= 4 is 35.0 Å². The average molecular weight is 554 g/mol. The lowest BCUT2D eigenvalue weighted by atomic mass is 9.95. The van der Waals surface area contributed by atoms with Crippen LogP contribution >= 0.6 is 11.3 Å².